The van der Waals surface area contributed by atoms with E-state index in [1.807, 2.05) is 24.4 Å². The topological polar surface area (TPSA) is 129 Å². The van der Waals surface area contributed by atoms with Crippen molar-refractivity contribution in [2.75, 3.05) is 11.5 Å². The minimum Gasteiger partial charge on any atom is -0.384 e. The molecule has 3 aromatic rings. The molecule has 0 saturated carbocycles. The van der Waals surface area contributed by atoms with E-state index in [-0.39, 0.29) is 17.1 Å². The summed E-state index contributed by atoms with van der Waals surface area (Å²) in [5, 5.41) is 9.35. The van der Waals surface area contributed by atoms with E-state index in [0.717, 1.165) is 21.2 Å². The van der Waals surface area contributed by atoms with Gasteiger partial charge in [-0.25, -0.2) is 9.78 Å². The second kappa shape index (κ2) is 8.57. The maximum Gasteiger partial charge on any atom is 0.332 e. The molecule has 0 unspecified atom stereocenters. The average Bonchev–Trinajstić information content (AvgIpc) is 3.34. The van der Waals surface area contributed by atoms with Gasteiger partial charge in [-0.3, -0.25) is 23.8 Å². The fourth-order valence-electron chi connectivity index (χ4n) is 2.69. The highest BCUT2D eigenvalue weighted by Gasteiger charge is 2.21. The number of nitrogens with zero attached hydrogens (tertiary/aromatic N) is 4. The number of nitrogen functional groups attached to an aromatic ring is 1. The van der Waals surface area contributed by atoms with Gasteiger partial charge in [-0.1, -0.05) is 24.8 Å². The number of thiophene rings is 1. The van der Waals surface area contributed by atoms with E-state index in [1.165, 1.54) is 11.6 Å². The molecule has 0 atom stereocenters. The Morgan fingerprint density at radius 1 is 1.39 bits per heavy atom. The SMILES string of the molecule is CCCn1c(N)c(C(=O)CSc2n[nH]c(Cc3cccs3)n2)c(=O)n(C)c1=O. The molecule has 0 radical (unpaired) electrons. The number of aromatic amines is 1. The molecule has 11 heteroatoms. The van der Waals surface area contributed by atoms with E-state index in [9.17, 15) is 14.4 Å². The van der Waals surface area contributed by atoms with E-state index in [1.54, 1.807) is 11.3 Å². The molecule has 0 saturated heterocycles. The van der Waals surface area contributed by atoms with Crippen LogP contribution in [-0.2, 0) is 20.0 Å². The molecule has 0 bridgehead atoms. The molecule has 3 heterocycles. The summed E-state index contributed by atoms with van der Waals surface area (Å²) >= 11 is 2.74. The third kappa shape index (κ3) is 4.09. The molecule has 3 N–H and O–H groups in total. The van der Waals surface area contributed by atoms with E-state index < -0.39 is 17.0 Å². The van der Waals surface area contributed by atoms with Crippen molar-refractivity contribution in [1.29, 1.82) is 0 Å². The van der Waals surface area contributed by atoms with Crippen molar-refractivity contribution in [3.63, 3.8) is 0 Å². The van der Waals surface area contributed by atoms with Crippen LogP contribution in [0.4, 0.5) is 5.82 Å². The van der Waals surface area contributed by atoms with E-state index >= 15 is 0 Å². The number of carbonyl (C=O) groups is 1. The van der Waals surface area contributed by atoms with Gasteiger partial charge in [0.2, 0.25) is 5.16 Å². The first-order valence-corrected chi connectivity index (χ1v) is 10.5. The number of carbonyl (C=O) groups excluding carboxylic acids is 1. The number of rotatable bonds is 8. The second-order valence-corrected chi connectivity index (χ2v) is 8.07. The van der Waals surface area contributed by atoms with Gasteiger partial charge in [0.25, 0.3) is 5.56 Å². The van der Waals surface area contributed by atoms with Gasteiger partial charge < -0.3 is 5.73 Å². The maximum atomic E-state index is 12.6. The van der Waals surface area contributed by atoms with Gasteiger partial charge in [-0.2, -0.15) is 0 Å². The molecule has 3 rings (SSSR count). The summed E-state index contributed by atoms with van der Waals surface area (Å²) < 4.78 is 2.17. The number of hydrogen-bond acceptors (Lipinski definition) is 8. The van der Waals surface area contributed by atoms with Crippen LogP contribution in [0, 0.1) is 0 Å². The van der Waals surface area contributed by atoms with Crippen LogP contribution in [0.3, 0.4) is 0 Å². The molecule has 28 heavy (non-hydrogen) atoms. The lowest BCUT2D eigenvalue weighted by molar-refractivity contribution is 0.102. The van der Waals surface area contributed by atoms with Crippen molar-refractivity contribution in [3.05, 3.63) is 54.6 Å². The first-order chi connectivity index (χ1) is 13.4. The monoisotopic (exact) mass is 420 g/mol. The number of anilines is 1. The van der Waals surface area contributed by atoms with Gasteiger partial charge in [-0.05, 0) is 17.9 Å². The lowest BCUT2D eigenvalue weighted by atomic mass is 10.2. The molecule has 0 aromatic carbocycles. The number of H-pyrrole nitrogens is 1. The molecule has 9 nitrogen and oxygen atoms in total. The number of ketones is 1. The Labute approximate surface area is 168 Å². The van der Waals surface area contributed by atoms with Crippen molar-refractivity contribution in [2.45, 2.75) is 31.5 Å². The van der Waals surface area contributed by atoms with Crippen molar-refractivity contribution < 1.29 is 4.79 Å². The fraction of sp³-hybridized carbons (Fsp3) is 0.353. The second-order valence-electron chi connectivity index (χ2n) is 6.09. The summed E-state index contributed by atoms with van der Waals surface area (Å²) in [6.45, 7) is 2.21. The zero-order chi connectivity index (χ0) is 20.3. The molecule has 0 amide bonds. The van der Waals surface area contributed by atoms with Crippen LogP contribution in [0.5, 0.6) is 0 Å². The summed E-state index contributed by atoms with van der Waals surface area (Å²) in [6.07, 6.45) is 1.28. The normalized spacial score (nSPS) is 11.1. The van der Waals surface area contributed by atoms with Crippen molar-refractivity contribution in [3.8, 4) is 0 Å². The summed E-state index contributed by atoms with van der Waals surface area (Å²) in [5.41, 5.74) is 4.59. The molecule has 0 fully saturated rings. The molecule has 0 aliphatic rings. The molecular formula is C17H20N6O3S2. The largest absolute Gasteiger partial charge is 0.384 e. The molecule has 3 aromatic heterocycles. The Morgan fingerprint density at radius 3 is 2.86 bits per heavy atom. The Kier molecular flexibility index (Phi) is 6.15. The minimum atomic E-state index is -0.686. The average molecular weight is 421 g/mol. The summed E-state index contributed by atoms with van der Waals surface area (Å²) in [7, 11) is 1.34. The van der Waals surface area contributed by atoms with Gasteiger partial charge in [-0.15, -0.1) is 16.4 Å². The number of aromatic nitrogens is 5. The zero-order valence-electron chi connectivity index (χ0n) is 15.5. The third-order valence-corrected chi connectivity index (χ3v) is 5.80. The Bertz CT molecular complexity index is 1100. The van der Waals surface area contributed by atoms with Gasteiger partial charge in [0, 0.05) is 24.9 Å². The number of nitrogens with one attached hydrogen (secondary N) is 1. The minimum absolute atomic E-state index is 0.0555. The summed E-state index contributed by atoms with van der Waals surface area (Å²) in [5.74, 6) is 0.0934. The predicted molar refractivity (Wildman–Crippen MR) is 109 cm³/mol. The Hall–Kier alpha value is -2.66. The van der Waals surface area contributed by atoms with Crippen molar-refractivity contribution in [1.82, 2.24) is 24.3 Å². The van der Waals surface area contributed by atoms with Gasteiger partial charge in [0.15, 0.2) is 5.78 Å². The first kappa shape index (κ1) is 20.1. The summed E-state index contributed by atoms with van der Waals surface area (Å²) in [6, 6.07) is 3.97. The van der Waals surface area contributed by atoms with E-state index in [2.05, 4.69) is 15.2 Å². The standard InChI is InChI=1S/C17H20N6O3S2/c1-3-6-23-14(18)13(15(25)22(2)17(23)26)11(24)9-28-16-19-12(20-21-16)8-10-5-4-7-27-10/h4-5,7H,3,6,8-9,18H2,1-2H3,(H,19,20,21). The quantitative estimate of drug-likeness (QED) is 0.415. The van der Waals surface area contributed by atoms with Crippen LogP contribution >= 0.6 is 23.1 Å². The summed E-state index contributed by atoms with van der Waals surface area (Å²) in [4.78, 5) is 42.8. The highest BCUT2D eigenvalue weighted by atomic mass is 32.2. The van der Waals surface area contributed by atoms with Gasteiger partial charge >= 0.3 is 5.69 Å². The van der Waals surface area contributed by atoms with E-state index in [4.69, 9.17) is 5.73 Å². The zero-order valence-corrected chi connectivity index (χ0v) is 17.1. The molecule has 0 aliphatic heterocycles. The lowest BCUT2D eigenvalue weighted by Crippen LogP contribution is -2.42. The van der Waals surface area contributed by atoms with Gasteiger partial charge in [0.05, 0.1) is 5.75 Å². The van der Waals surface area contributed by atoms with Crippen LogP contribution in [0.15, 0.2) is 32.3 Å². The van der Waals surface area contributed by atoms with E-state index in [0.29, 0.717) is 30.4 Å². The smallest absolute Gasteiger partial charge is 0.332 e. The van der Waals surface area contributed by atoms with Crippen LogP contribution in [0.2, 0.25) is 0 Å². The highest BCUT2D eigenvalue weighted by molar-refractivity contribution is 7.99. The van der Waals surface area contributed by atoms with Crippen LogP contribution < -0.4 is 17.0 Å². The fourth-order valence-corrected chi connectivity index (χ4v) is 4.09. The molecule has 0 spiro atoms. The molecule has 0 aliphatic carbocycles. The van der Waals surface area contributed by atoms with Gasteiger partial charge in [0.1, 0.15) is 17.2 Å². The number of hydrogen-bond donors (Lipinski definition) is 2. The number of Topliss-reactive ketones (excluding diaryl/α,β-unsaturated/α-hetero) is 1. The predicted octanol–water partition coefficient (Wildman–Crippen LogP) is 1.28. The first-order valence-electron chi connectivity index (χ1n) is 8.61. The Morgan fingerprint density at radius 2 is 2.18 bits per heavy atom. The Balaban J connectivity index is 1.76. The molecular weight excluding hydrogens is 400 g/mol. The number of thioether (sulfide) groups is 1. The number of nitrogens with two attached hydrogens (primary N) is 1. The van der Waals surface area contributed by atoms with Crippen LogP contribution in [0.1, 0.15) is 34.4 Å². The van der Waals surface area contributed by atoms with Crippen LogP contribution in [-0.4, -0.2) is 35.9 Å². The lowest BCUT2D eigenvalue weighted by Gasteiger charge is -2.13. The highest BCUT2D eigenvalue weighted by Crippen LogP contribution is 2.18. The third-order valence-electron chi connectivity index (χ3n) is 4.07. The molecule has 148 valence electrons. The maximum absolute atomic E-state index is 12.6. The van der Waals surface area contributed by atoms with Crippen LogP contribution in [0.25, 0.3) is 0 Å². The van der Waals surface area contributed by atoms with Crippen molar-refractivity contribution in [2.24, 2.45) is 7.05 Å². The van der Waals surface area contributed by atoms with Crippen molar-refractivity contribution >= 4 is 34.7 Å².